The molecule has 0 radical (unpaired) electrons. The van der Waals surface area contributed by atoms with Crippen molar-refractivity contribution in [2.24, 2.45) is 5.73 Å². The number of aromatic nitrogens is 2. The maximum absolute atomic E-state index is 12.5. The van der Waals surface area contributed by atoms with Crippen LogP contribution in [0.15, 0.2) is 23.6 Å². The number of hydrogen-bond donors (Lipinski definition) is 1. The normalized spacial score (nSPS) is 13.6. The van der Waals surface area contributed by atoms with E-state index in [-0.39, 0.29) is 0 Å². The maximum Gasteiger partial charge on any atom is 0.416 e. The molecule has 1 unspecified atom stereocenters. The van der Waals surface area contributed by atoms with Gasteiger partial charge in [-0.2, -0.15) is 13.2 Å². The highest BCUT2D eigenvalue weighted by Crippen LogP contribution is 2.32. The average Bonchev–Trinajstić information content (AvgIpc) is 2.80. The molecule has 3 nitrogen and oxygen atoms in total. The molecule has 18 heavy (non-hydrogen) atoms. The molecule has 1 aromatic carbocycles. The van der Waals surface area contributed by atoms with Gasteiger partial charge in [-0.1, -0.05) is 10.6 Å². The second kappa shape index (κ2) is 4.66. The van der Waals surface area contributed by atoms with E-state index < -0.39 is 17.8 Å². The van der Waals surface area contributed by atoms with Crippen LogP contribution in [-0.2, 0) is 6.18 Å². The molecule has 0 saturated heterocycles. The molecule has 1 heterocycles. The first-order chi connectivity index (χ1) is 8.39. The third kappa shape index (κ3) is 2.51. The molecule has 1 atom stereocenters. The van der Waals surface area contributed by atoms with Crippen LogP contribution in [0.2, 0.25) is 0 Å². The van der Waals surface area contributed by atoms with Crippen LogP contribution in [0.3, 0.4) is 0 Å². The summed E-state index contributed by atoms with van der Waals surface area (Å²) in [7, 11) is 0. The lowest BCUT2D eigenvalue weighted by Gasteiger charge is -2.14. The summed E-state index contributed by atoms with van der Waals surface area (Å²) in [6.45, 7) is 1.60. The van der Waals surface area contributed by atoms with E-state index in [0.29, 0.717) is 16.8 Å². The largest absolute Gasteiger partial charge is 0.416 e. The van der Waals surface area contributed by atoms with Crippen LogP contribution in [0.25, 0.3) is 0 Å². The minimum atomic E-state index is -4.34. The Bertz CT molecular complexity index is 537. The van der Waals surface area contributed by atoms with Gasteiger partial charge in [0.1, 0.15) is 0 Å². The summed E-state index contributed by atoms with van der Waals surface area (Å²) in [6, 6.07) is 2.96. The fraction of sp³-hybridized carbons (Fsp3) is 0.273. The average molecular weight is 273 g/mol. The van der Waals surface area contributed by atoms with Gasteiger partial charge in [-0.3, -0.25) is 0 Å². The van der Waals surface area contributed by atoms with Gasteiger partial charge in [-0.15, -0.1) is 5.10 Å². The number of nitrogens with zero attached hydrogens (tertiary/aromatic N) is 2. The van der Waals surface area contributed by atoms with Gasteiger partial charge in [0.15, 0.2) is 0 Å². The summed E-state index contributed by atoms with van der Waals surface area (Å²) in [4.78, 5) is 0. The van der Waals surface area contributed by atoms with Crippen LogP contribution >= 0.6 is 11.5 Å². The molecule has 7 heteroatoms. The molecule has 0 aliphatic carbocycles. The van der Waals surface area contributed by atoms with Crippen molar-refractivity contribution in [1.29, 1.82) is 0 Å². The fourth-order valence-electron chi connectivity index (χ4n) is 1.67. The molecule has 2 rings (SSSR count). The Balaban J connectivity index is 2.36. The Morgan fingerprint density at radius 3 is 2.56 bits per heavy atom. The molecule has 96 valence electrons. The Labute approximate surface area is 106 Å². The van der Waals surface area contributed by atoms with Crippen LogP contribution in [0.1, 0.15) is 28.4 Å². The summed E-state index contributed by atoms with van der Waals surface area (Å²) in [5.41, 5.74) is 6.94. The zero-order valence-electron chi connectivity index (χ0n) is 9.40. The van der Waals surface area contributed by atoms with Crippen LogP contribution in [-0.4, -0.2) is 9.59 Å². The van der Waals surface area contributed by atoms with E-state index in [0.717, 1.165) is 23.7 Å². The Morgan fingerprint density at radius 1 is 1.33 bits per heavy atom. The lowest BCUT2D eigenvalue weighted by Crippen LogP contribution is -2.15. The van der Waals surface area contributed by atoms with Crippen molar-refractivity contribution < 1.29 is 13.2 Å². The predicted molar refractivity (Wildman–Crippen MR) is 62.1 cm³/mol. The Morgan fingerprint density at radius 2 is 2.06 bits per heavy atom. The second-order valence-corrected chi connectivity index (χ2v) is 4.49. The highest BCUT2D eigenvalue weighted by atomic mass is 32.1. The lowest BCUT2D eigenvalue weighted by molar-refractivity contribution is -0.137. The Hall–Kier alpha value is -1.47. The van der Waals surface area contributed by atoms with E-state index in [1.165, 1.54) is 6.07 Å². The first kappa shape index (κ1) is 13.0. The van der Waals surface area contributed by atoms with Gasteiger partial charge in [0.2, 0.25) is 0 Å². The van der Waals surface area contributed by atoms with E-state index in [9.17, 15) is 13.2 Å². The third-order valence-electron chi connectivity index (χ3n) is 2.63. The molecule has 0 spiro atoms. The van der Waals surface area contributed by atoms with Crippen LogP contribution in [0.4, 0.5) is 13.2 Å². The van der Waals surface area contributed by atoms with E-state index in [1.54, 1.807) is 12.3 Å². The van der Waals surface area contributed by atoms with Crippen LogP contribution in [0.5, 0.6) is 0 Å². The molecular weight excluding hydrogens is 263 g/mol. The van der Waals surface area contributed by atoms with Gasteiger partial charge in [0.05, 0.1) is 17.3 Å². The lowest BCUT2D eigenvalue weighted by atomic mass is 9.98. The van der Waals surface area contributed by atoms with Gasteiger partial charge in [-0.05, 0) is 41.7 Å². The van der Waals surface area contributed by atoms with Crippen molar-refractivity contribution in [1.82, 2.24) is 9.59 Å². The molecule has 2 N–H and O–H groups in total. The van der Waals surface area contributed by atoms with Crippen molar-refractivity contribution in [3.8, 4) is 0 Å². The smallest absolute Gasteiger partial charge is 0.319 e. The van der Waals surface area contributed by atoms with Gasteiger partial charge in [0, 0.05) is 5.38 Å². The van der Waals surface area contributed by atoms with E-state index in [4.69, 9.17) is 5.73 Å². The molecule has 0 aliphatic heterocycles. The molecule has 0 bridgehead atoms. The summed E-state index contributed by atoms with van der Waals surface area (Å²) < 4.78 is 41.3. The molecule has 1 aromatic heterocycles. The van der Waals surface area contributed by atoms with Crippen molar-refractivity contribution in [2.75, 3.05) is 0 Å². The standard InChI is InChI=1S/C11H10F3N3S/c1-6-4-7(11(12,13)14)2-3-8(6)10(15)9-5-18-17-16-9/h2-5,10H,15H2,1H3. The zero-order chi connectivity index (χ0) is 13.3. The van der Waals surface area contributed by atoms with E-state index in [2.05, 4.69) is 9.59 Å². The quantitative estimate of drug-likeness (QED) is 0.915. The Kier molecular flexibility index (Phi) is 3.36. The minimum Gasteiger partial charge on any atom is -0.319 e. The third-order valence-corrected chi connectivity index (χ3v) is 3.15. The number of nitrogens with two attached hydrogens (primary N) is 1. The number of halogens is 3. The molecule has 0 amide bonds. The van der Waals surface area contributed by atoms with Crippen LogP contribution < -0.4 is 5.73 Å². The van der Waals surface area contributed by atoms with Crippen molar-refractivity contribution >= 4 is 11.5 Å². The second-order valence-electron chi connectivity index (χ2n) is 3.88. The van der Waals surface area contributed by atoms with E-state index in [1.807, 2.05) is 0 Å². The van der Waals surface area contributed by atoms with Crippen molar-refractivity contribution in [3.05, 3.63) is 46.0 Å². The van der Waals surface area contributed by atoms with Gasteiger partial charge in [0.25, 0.3) is 0 Å². The summed E-state index contributed by atoms with van der Waals surface area (Å²) >= 11 is 1.15. The molecule has 0 fully saturated rings. The SMILES string of the molecule is Cc1cc(C(F)(F)F)ccc1C(N)c1csnn1. The number of hydrogen-bond acceptors (Lipinski definition) is 4. The van der Waals surface area contributed by atoms with E-state index >= 15 is 0 Å². The summed E-state index contributed by atoms with van der Waals surface area (Å²) in [6.07, 6.45) is -4.34. The number of alkyl halides is 3. The molecule has 2 aromatic rings. The van der Waals surface area contributed by atoms with Gasteiger partial charge in [-0.25, -0.2) is 0 Å². The first-order valence-electron chi connectivity index (χ1n) is 5.10. The van der Waals surface area contributed by atoms with Gasteiger partial charge >= 0.3 is 6.18 Å². The predicted octanol–water partition coefficient (Wildman–Crippen LogP) is 2.91. The summed E-state index contributed by atoms with van der Waals surface area (Å²) in [5, 5.41) is 5.51. The molecule has 0 saturated carbocycles. The first-order valence-corrected chi connectivity index (χ1v) is 5.93. The topological polar surface area (TPSA) is 51.8 Å². The van der Waals surface area contributed by atoms with Crippen molar-refractivity contribution in [3.63, 3.8) is 0 Å². The number of rotatable bonds is 2. The number of benzene rings is 1. The molecule has 0 aliphatic rings. The minimum absolute atomic E-state index is 0.491. The zero-order valence-corrected chi connectivity index (χ0v) is 10.2. The van der Waals surface area contributed by atoms with Crippen LogP contribution in [0, 0.1) is 6.92 Å². The monoisotopic (exact) mass is 273 g/mol. The number of aryl methyl sites for hydroxylation is 1. The van der Waals surface area contributed by atoms with Gasteiger partial charge < -0.3 is 5.73 Å². The summed E-state index contributed by atoms with van der Waals surface area (Å²) in [5.74, 6) is 0. The molecular formula is C11H10F3N3S. The van der Waals surface area contributed by atoms with Crippen molar-refractivity contribution in [2.45, 2.75) is 19.1 Å². The fourth-order valence-corrected chi connectivity index (χ4v) is 2.16. The highest BCUT2D eigenvalue weighted by Gasteiger charge is 2.31. The highest BCUT2D eigenvalue weighted by molar-refractivity contribution is 7.03. The maximum atomic E-state index is 12.5.